The maximum atomic E-state index is 5.75. The van der Waals surface area contributed by atoms with Gasteiger partial charge in [0.15, 0.2) is 0 Å². The number of aryl methyl sites for hydroxylation is 1. The van der Waals surface area contributed by atoms with Crippen LogP contribution in [0.3, 0.4) is 0 Å². The molecule has 2 heterocycles. The third kappa shape index (κ3) is 2.80. The Kier molecular flexibility index (Phi) is 3.21. The zero-order valence-electron chi connectivity index (χ0n) is 8.57. The van der Waals surface area contributed by atoms with Gasteiger partial charge in [-0.15, -0.1) is 11.3 Å². The highest BCUT2D eigenvalue weighted by Gasteiger charge is 2.02. The standard InChI is InChI=1S/C9H10ClN5S/c1-5-4-16-8(13-5)3-12-7-2-6(10)14-9(11)15-7/h2,4H,3H2,1H3,(H3,11,12,14,15). The second-order valence-corrected chi connectivity index (χ2v) is 4.50. The van der Waals surface area contributed by atoms with Crippen molar-refractivity contribution in [2.75, 3.05) is 11.1 Å². The lowest BCUT2D eigenvalue weighted by Gasteiger charge is -2.03. The fourth-order valence-electron chi connectivity index (χ4n) is 1.18. The Morgan fingerprint density at radius 2 is 2.25 bits per heavy atom. The molecule has 0 bridgehead atoms. The van der Waals surface area contributed by atoms with E-state index in [-0.39, 0.29) is 5.95 Å². The number of nitrogens with zero attached hydrogens (tertiary/aromatic N) is 3. The summed E-state index contributed by atoms with van der Waals surface area (Å²) >= 11 is 7.35. The minimum Gasteiger partial charge on any atom is -0.368 e. The molecule has 0 aliphatic rings. The number of aromatic nitrogens is 3. The van der Waals surface area contributed by atoms with Crippen molar-refractivity contribution in [2.45, 2.75) is 13.5 Å². The molecule has 0 amide bonds. The largest absolute Gasteiger partial charge is 0.368 e. The first-order valence-electron chi connectivity index (χ1n) is 4.58. The molecule has 7 heteroatoms. The van der Waals surface area contributed by atoms with E-state index in [1.54, 1.807) is 17.4 Å². The van der Waals surface area contributed by atoms with Gasteiger partial charge in [0.25, 0.3) is 0 Å². The van der Waals surface area contributed by atoms with Gasteiger partial charge in [0.05, 0.1) is 6.54 Å². The average Bonchev–Trinajstić information content (AvgIpc) is 2.60. The van der Waals surface area contributed by atoms with Crippen molar-refractivity contribution in [3.05, 3.63) is 27.3 Å². The van der Waals surface area contributed by atoms with Crippen LogP contribution in [0.1, 0.15) is 10.7 Å². The van der Waals surface area contributed by atoms with E-state index in [1.165, 1.54) is 0 Å². The van der Waals surface area contributed by atoms with Crippen LogP contribution in [-0.4, -0.2) is 15.0 Å². The van der Waals surface area contributed by atoms with Crippen LogP contribution in [0.15, 0.2) is 11.4 Å². The summed E-state index contributed by atoms with van der Waals surface area (Å²) in [6.45, 7) is 2.56. The van der Waals surface area contributed by atoms with Crippen LogP contribution < -0.4 is 11.1 Å². The number of anilines is 2. The molecule has 0 aliphatic carbocycles. The first-order chi connectivity index (χ1) is 7.63. The predicted octanol–water partition coefficient (Wildman–Crippen LogP) is 2.09. The van der Waals surface area contributed by atoms with Crippen molar-refractivity contribution in [1.82, 2.24) is 15.0 Å². The van der Waals surface area contributed by atoms with Gasteiger partial charge >= 0.3 is 0 Å². The molecule has 0 aliphatic heterocycles. The molecule has 0 spiro atoms. The molecular formula is C9H10ClN5S. The highest BCUT2D eigenvalue weighted by Crippen LogP contribution is 2.15. The van der Waals surface area contributed by atoms with Gasteiger partial charge < -0.3 is 11.1 Å². The van der Waals surface area contributed by atoms with Crippen LogP contribution >= 0.6 is 22.9 Å². The van der Waals surface area contributed by atoms with Crippen molar-refractivity contribution in [2.24, 2.45) is 0 Å². The summed E-state index contributed by atoms with van der Waals surface area (Å²) in [4.78, 5) is 12.1. The number of nitrogen functional groups attached to an aromatic ring is 1. The normalized spacial score (nSPS) is 10.4. The molecule has 16 heavy (non-hydrogen) atoms. The minimum atomic E-state index is 0.158. The fraction of sp³-hybridized carbons (Fsp3) is 0.222. The van der Waals surface area contributed by atoms with E-state index in [2.05, 4.69) is 20.3 Å². The number of hydrogen-bond acceptors (Lipinski definition) is 6. The molecule has 0 aromatic carbocycles. The smallest absolute Gasteiger partial charge is 0.223 e. The summed E-state index contributed by atoms with van der Waals surface area (Å²) in [6.07, 6.45) is 0. The SMILES string of the molecule is Cc1csc(CNc2cc(Cl)nc(N)n2)n1. The summed E-state index contributed by atoms with van der Waals surface area (Å²) < 4.78 is 0. The Hall–Kier alpha value is -1.40. The molecule has 0 atom stereocenters. The van der Waals surface area contributed by atoms with Gasteiger partial charge in [0, 0.05) is 17.1 Å². The van der Waals surface area contributed by atoms with Crippen molar-refractivity contribution < 1.29 is 0 Å². The number of nitrogens with two attached hydrogens (primary N) is 1. The van der Waals surface area contributed by atoms with E-state index in [9.17, 15) is 0 Å². The van der Waals surface area contributed by atoms with Crippen molar-refractivity contribution in [3.63, 3.8) is 0 Å². The predicted molar refractivity (Wildman–Crippen MR) is 65.6 cm³/mol. The Bertz CT molecular complexity index is 478. The second kappa shape index (κ2) is 4.63. The topological polar surface area (TPSA) is 76.7 Å². The Labute approximate surface area is 102 Å². The molecule has 5 nitrogen and oxygen atoms in total. The molecule has 2 aromatic rings. The Balaban J connectivity index is 2.04. The molecule has 0 unspecified atom stereocenters. The van der Waals surface area contributed by atoms with Crippen LogP contribution in [0.25, 0.3) is 0 Å². The number of thiazole rings is 1. The van der Waals surface area contributed by atoms with Gasteiger partial charge in [-0.2, -0.15) is 4.98 Å². The Morgan fingerprint density at radius 3 is 2.88 bits per heavy atom. The number of halogens is 1. The van der Waals surface area contributed by atoms with Crippen LogP contribution in [0.2, 0.25) is 5.15 Å². The number of nitrogens with one attached hydrogen (secondary N) is 1. The molecule has 0 saturated heterocycles. The Morgan fingerprint density at radius 1 is 1.44 bits per heavy atom. The van der Waals surface area contributed by atoms with Crippen LogP contribution in [0.4, 0.5) is 11.8 Å². The summed E-state index contributed by atoms with van der Waals surface area (Å²) in [5.74, 6) is 0.760. The van der Waals surface area contributed by atoms with Crippen molar-refractivity contribution in [3.8, 4) is 0 Å². The molecule has 2 rings (SSSR count). The number of hydrogen-bond donors (Lipinski definition) is 2. The molecule has 0 radical (unpaired) electrons. The molecule has 84 valence electrons. The maximum Gasteiger partial charge on any atom is 0.223 e. The van der Waals surface area contributed by atoms with Crippen molar-refractivity contribution in [1.29, 1.82) is 0 Å². The molecule has 3 N–H and O–H groups in total. The fourth-order valence-corrected chi connectivity index (χ4v) is 2.08. The lowest BCUT2D eigenvalue weighted by molar-refractivity contribution is 1.05. The molecule has 0 saturated carbocycles. The zero-order chi connectivity index (χ0) is 11.5. The minimum absolute atomic E-state index is 0.158. The quantitative estimate of drug-likeness (QED) is 0.822. The molecule has 0 fully saturated rings. The first-order valence-corrected chi connectivity index (χ1v) is 5.84. The summed E-state index contributed by atoms with van der Waals surface area (Å²) in [5.41, 5.74) is 6.49. The zero-order valence-corrected chi connectivity index (χ0v) is 10.1. The average molecular weight is 256 g/mol. The van der Waals surface area contributed by atoms with E-state index < -0.39 is 0 Å². The van der Waals surface area contributed by atoms with Gasteiger partial charge in [0.2, 0.25) is 5.95 Å². The van der Waals surface area contributed by atoms with Crippen molar-refractivity contribution >= 4 is 34.7 Å². The number of rotatable bonds is 3. The lowest BCUT2D eigenvalue weighted by Crippen LogP contribution is -2.04. The van der Waals surface area contributed by atoms with Crippen LogP contribution in [0, 0.1) is 6.92 Å². The maximum absolute atomic E-state index is 5.75. The monoisotopic (exact) mass is 255 g/mol. The van der Waals surface area contributed by atoms with E-state index in [0.717, 1.165) is 10.7 Å². The third-order valence-corrected chi connectivity index (χ3v) is 2.96. The summed E-state index contributed by atoms with van der Waals surface area (Å²) in [6, 6.07) is 1.62. The van der Waals surface area contributed by atoms with Crippen LogP contribution in [-0.2, 0) is 6.54 Å². The summed E-state index contributed by atoms with van der Waals surface area (Å²) in [5, 5.41) is 6.40. The highest BCUT2D eigenvalue weighted by atomic mass is 35.5. The van der Waals surface area contributed by atoms with E-state index >= 15 is 0 Å². The molecular weight excluding hydrogens is 246 g/mol. The second-order valence-electron chi connectivity index (χ2n) is 3.17. The van der Waals surface area contributed by atoms with E-state index in [0.29, 0.717) is 17.5 Å². The summed E-state index contributed by atoms with van der Waals surface area (Å²) in [7, 11) is 0. The van der Waals surface area contributed by atoms with Gasteiger partial charge in [-0.05, 0) is 6.92 Å². The third-order valence-electron chi connectivity index (χ3n) is 1.80. The van der Waals surface area contributed by atoms with Gasteiger partial charge in [0.1, 0.15) is 16.0 Å². The highest BCUT2D eigenvalue weighted by molar-refractivity contribution is 7.09. The van der Waals surface area contributed by atoms with E-state index in [4.69, 9.17) is 17.3 Å². The van der Waals surface area contributed by atoms with E-state index in [1.807, 2.05) is 12.3 Å². The van der Waals surface area contributed by atoms with Gasteiger partial charge in [-0.1, -0.05) is 11.6 Å². The molecule has 2 aromatic heterocycles. The lowest BCUT2D eigenvalue weighted by atomic mass is 10.5. The van der Waals surface area contributed by atoms with Crippen LogP contribution in [0.5, 0.6) is 0 Å². The van der Waals surface area contributed by atoms with Gasteiger partial charge in [-0.3, -0.25) is 0 Å². The first kappa shape index (κ1) is 11.1. The van der Waals surface area contributed by atoms with Gasteiger partial charge in [-0.25, -0.2) is 9.97 Å².